The summed E-state index contributed by atoms with van der Waals surface area (Å²) < 4.78 is 5.34. The van der Waals surface area contributed by atoms with Gasteiger partial charge in [0.25, 0.3) is 0 Å². The van der Waals surface area contributed by atoms with Crippen molar-refractivity contribution in [1.82, 2.24) is 5.32 Å². The normalized spacial score (nSPS) is 13.6. The molecule has 1 aromatic carbocycles. The summed E-state index contributed by atoms with van der Waals surface area (Å²) in [5.41, 5.74) is 1.20. The van der Waals surface area contributed by atoms with Crippen LogP contribution in [0, 0.1) is 12.3 Å². The van der Waals surface area contributed by atoms with Crippen LogP contribution < -0.4 is 10.1 Å². The van der Waals surface area contributed by atoms with Gasteiger partial charge in [0, 0.05) is 18.7 Å². The smallest absolute Gasteiger partial charge is 0.148 e. The number of ether oxygens (including phenoxy) is 1. The lowest BCUT2D eigenvalue weighted by atomic mass is 10.1. The van der Waals surface area contributed by atoms with Gasteiger partial charge in [-0.15, -0.1) is 6.42 Å². The zero-order valence-electron chi connectivity index (χ0n) is 11.7. The van der Waals surface area contributed by atoms with E-state index in [4.69, 9.17) is 16.3 Å². The van der Waals surface area contributed by atoms with Crippen molar-refractivity contribution in [2.24, 2.45) is 0 Å². The first-order valence-electron chi connectivity index (χ1n) is 6.74. The van der Waals surface area contributed by atoms with Gasteiger partial charge in [-0.2, -0.15) is 0 Å². The number of aliphatic hydroxyl groups is 1. The van der Waals surface area contributed by atoms with Crippen molar-refractivity contribution >= 4 is 0 Å². The van der Waals surface area contributed by atoms with Gasteiger partial charge in [0.2, 0.25) is 0 Å². The Morgan fingerprint density at radius 3 is 2.58 bits per heavy atom. The van der Waals surface area contributed by atoms with E-state index in [0.717, 1.165) is 18.6 Å². The molecule has 0 radical (unpaired) electrons. The average molecular weight is 261 g/mol. The maximum Gasteiger partial charge on any atom is 0.148 e. The highest BCUT2D eigenvalue weighted by atomic mass is 16.5. The summed E-state index contributed by atoms with van der Waals surface area (Å²) in [5, 5.41) is 12.5. The van der Waals surface area contributed by atoms with E-state index in [9.17, 15) is 0 Å². The molecule has 2 atom stereocenters. The molecule has 0 bridgehead atoms. The van der Waals surface area contributed by atoms with Crippen LogP contribution in [0.25, 0.3) is 0 Å². The summed E-state index contributed by atoms with van der Waals surface area (Å²) in [6.07, 6.45) is 6.94. The summed E-state index contributed by atoms with van der Waals surface area (Å²) in [6.45, 7) is 4.76. The predicted molar refractivity (Wildman–Crippen MR) is 78.1 cm³/mol. The fourth-order valence-corrected chi connectivity index (χ4v) is 1.99. The van der Waals surface area contributed by atoms with Crippen molar-refractivity contribution in [2.75, 3.05) is 13.2 Å². The summed E-state index contributed by atoms with van der Waals surface area (Å²) in [4.78, 5) is 0. The van der Waals surface area contributed by atoms with E-state index in [2.05, 4.69) is 25.1 Å². The molecule has 0 saturated carbocycles. The number of aliphatic hydroxyl groups excluding tert-OH is 1. The highest BCUT2D eigenvalue weighted by Crippen LogP contribution is 2.18. The minimum Gasteiger partial charge on any atom is -0.481 e. The van der Waals surface area contributed by atoms with Crippen LogP contribution >= 0.6 is 0 Å². The quantitative estimate of drug-likeness (QED) is 0.707. The molecule has 0 heterocycles. The fourth-order valence-electron chi connectivity index (χ4n) is 1.99. The fraction of sp³-hybridized carbons (Fsp3) is 0.500. The van der Waals surface area contributed by atoms with E-state index in [1.807, 2.05) is 24.3 Å². The molecule has 0 saturated heterocycles. The Bertz CT molecular complexity index is 394. The summed E-state index contributed by atoms with van der Waals surface area (Å²) in [5.74, 6) is 3.23. The first kappa shape index (κ1) is 15.6. The molecule has 0 spiro atoms. The van der Waals surface area contributed by atoms with Crippen LogP contribution in [0.4, 0.5) is 0 Å². The Hall–Kier alpha value is -1.50. The van der Waals surface area contributed by atoms with Crippen LogP contribution in [0.15, 0.2) is 24.3 Å². The van der Waals surface area contributed by atoms with Crippen LogP contribution in [0.1, 0.15) is 38.3 Å². The molecule has 2 N–H and O–H groups in total. The number of terminal acetylenes is 1. The second-order valence-electron chi connectivity index (χ2n) is 4.57. The Kier molecular flexibility index (Phi) is 7.02. The second-order valence-corrected chi connectivity index (χ2v) is 4.57. The lowest BCUT2D eigenvalue weighted by Crippen LogP contribution is -2.31. The van der Waals surface area contributed by atoms with E-state index in [1.165, 1.54) is 5.56 Å². The topological polar surface area (TPSA) is 41.5 Å². The van der Waals surface area contributed by atoms with E-state index in [-0.39, 0.29) is 12.6 Å². The largest absolute Gasteiger partial charge is 0.481 e. The van der Waals surface area contributed by atoms with Gasteiger partial charge in [0.05, 0.1) is 0 Å². The summed E-state index contributed by atoms with van der Waals surface area (Å²) in [7, 11) is 0. The number of hydrogen-bond acceptors (Lipinski definition) is 3. The highest BCUT2D eigenvalue weighted by molar-refractivity contribution is 5.29. The van der Waals surface area contributed by atoms with Gasteiger partial charge < -0.3 is 15.2 Å². The Morgan fingerprint density at radius 1 is 1.37 bits per heavy atom. The van der Waals surface area contributed by atoms with Crippen LogP contribution in [-0.4, -0.2) is 24.4 Å². The zero-order chi connectivity index (χ0) is 14.1. The highest BCUT2D eigenvalue weighted by Gasteiger charge is 2.11. The third kappa shape index (κ3) is 5.34. The molecule has 3 nitrogen and oxygen atoms in total. The van der Waals surface area contributed by atoms with Gasteiger partial charge in [-0.05, 0) is 37.5 Å². The van der Waals surface area contributed by atoms with Gasteiger partial charge in [-0.3, -0.25) is 0 Å². The number of rotatable bonds is 8. The predicted octanol–water partition coefficient (Wildman–Crippen LogP) is 2.51. The third-order valence-electron chi connectivity index (χ3n) is 3.16. The lowest BCUT2D eigenvalue weighted by Gasteiger charge is -2.22. The molecule has 0 aromatic heterocycles. The van der Waals surface area contributed by atoms with Gasteiger partial charge >= 0.3 is 0 Å². The van der Waals surface area contributed by atoms with Crippen molar-refractivity contribution in [2.45, 2.75) is 38.8 Å². The SMILES string of the molecule is C#CCOc1ccc(C(C)NC(CC)CCO)cc1. The third-order valence-corrected chi connectivity index (χ3v) is 3.16. The Balaban J connectivity index is 2.57. The first-order chi connectivity index (χ1) is 9.21. The average Bonchev–Trinajstić information content (AvgIpc) is 2.45. The zero-order valence-corrected chi connectivity index (χ0v) is 11.7. The molecule has 2 unspecified atom stereocenters. The molecule has 1 rings (SSSR count). The maximum atomic E-state index is 9.00. The van der Waals surface area contributed by atoms with Crippen molar-refractivity contribution in [3.63, 3.8) is 0 Å². The van der Waals surface area contributed by atoms with Crippen LogP contribution in [0.2, 0.25) is 0 Å². The Morgan fingerprint density at radius 2 is 2.05 bits per heavy atom. The molecule has 0 aliphatic rings. The van der Waals surface area contributed by atoms with Gasteiger partial charge in [-0.1, -0.05) is 25.0 Å². The maximum absolute atomic E-state index is 9.00. The minimum absolute atomic E-state index is 0.219. The van der Waals surface area contributed by atoms with E-state index < -0.39 is 0 Å². The van der Waals surface area contributed by atoms with Crippen molar-refractivity contribution in [1.29, 1.82) is 0 Å². The molecule has 104 valence electrons. The summed E-state index contributed by atoms with van der Waals surface area (Å²) in [6, 6.07) is 8.52. The van der Waals surface area contributed by atoms with Crippen LogP contribution in [-0.2, 0) is 0 Å². The number of benzene rings is 1. The minimum atomic E-state index is 0.219. The molecule has 19 heavy (non-hydrogen) atoms. The molecular formula is C16H23NO2. The van der Waals surface area contributed by atoms with Gasteiger partial charge in [-0.25, -0.2) is 0 Å². The first-order valence-corrected chi connectivity index (χ1v) is 6.74. The van der Waals surface area contributed by atoms with Crippen molar-refractivity contribution in [3.05, 3.63) is 29.8 Å². The molecule has 1 aromatic rings. The van der Waals surface area contributed by atoms with Gasteiger partial charge in [0.15, 0.2) is 0 Å². The molecule has 0 aliphatic heterocycles. The van der Waals surface area contributed by atoms with Gasteiger partial charge in [0.1, 0.15) is 12.4 Å². The monoisotopic (exact) mass is 261 g/mol. The van der Waals surface area contributed by atoms with E-state index in [1.54, 1.807) is 0 Å². The van der Waals surface area contributed by atoms with E-state index >= 15 is 0 Å². The molecule has 0 aliphatic carbocycles. The van der Waals surface area contributed by atoms with E-state index in [0.29, 0.717) is 12.6 Å². The standard InChI is InChI=1S/C16H23NO2/c1-4-12-19-16-8-6-14(7-9-16)13(3)17-15(5-2)10-11-18/h1,6-9,13,15,17-18H,5,10-12H2,2-3H3. The number of nitrogens with one attached hydrogen (secondary N) is 1. The van der Waals surface area contributed by atoms with Crippen molar-refractivity contribution in [3.8, 4) is 18.1 Å². The lowest BCUT2D eigenvalue weighted by molar-refractivity contribution is 0.257. The van der Waals surface area contributed by atoms with Crippen LogP contribution in [0.3, 0.4) is 0 Å². The van der Waals surface area contributed by atoms with Crippen molar-refractivity contribution < 1.29 is 9.84 Å². The molecule has 3 heteroatoms. The molecule has 0 amide bonds. The van der Waals surface area contributed by atoms with Crippen LogP contribution in [0.5, 0.6) is 5.75 Å². The molecular weight excluding hydrogens is 238 g/mol. The molecule has 0 fully saturated rings. The summed E-state index contributed by atoms with van der Waals surface area (Å²) >= 11 is 0. The number of hydrogen-bond donors (Lipinski definition) is 2. The Labute approximate surface area is 116 Å². The second kappa shape index (κ2) is 8.58.